The summed E-state index contributed by atoms with van der Waals surface area (Å²) in [6, 6.07) is 9.89. The van der Waals surface area contributed by atoms with Crippen molar-refractivity contribution in [3.8, 4) is 22.9 Å². The number of primary amides is 1. The Morgan fingerprint density at radius 3 is 2.56 bits per heavy atom. The summed E-state index contributed by atoms with van der Waals surface area (Å²) in [5.74, 6) is -0.556. The third-order valence-corrected chi connectivity index (χ3v) is 8.13. The third-order valence-electron chi connectivity index (χ3n) is 6.75. The van der Waals surface area contributed by atoms with E-state index in [2.05, 4.69) is 16.6 Å². The molecule has 12 heteroatoms. The third kappa shape index (κ3) is 6.70. The molecule has 3 N–H and O–H groups in total. The Kier molecular flexibility index (Phi) is 8.44. The number of benzene rings is 1. The molecule has 1 aliphatic heterocycles. The number of methoxy groups -OCH3 is 1. The summed E-state index contributed by atoms with van der Waals surface area (Å²) in [4.78, 5) is 23.3. The minimum atomic E-state index is -4.45. The smallest absolute Gasteiger partial charge is 0.264 e. The van der Waals surface area contributed by atoms with Crippen molar-refractivity contribution in [1.82, 2.24) is 9.97 Å². The molecular weight excluding hydrogens is 549 g/mol. The lowest BCUT2D eigenvalue weighted by Gasteiger charge is -2.34. The number of hydrogen-bond donors (Lipinski definition) is 2. The van der Waals surface area contributed by atoms with E-state index in [0.717, 1.165) is 6.42 Å². The number of pyridine rings is 2. The van der Waals surface area contributed by atoms with Gasteiger partial charge >= 0.3 is 0 Å². The Labute approximate surface area is 240 Å². The van der Waals surface area contributed by atoms with Crippen LogP contribution in [0.15, 0.2) is 47.4 Å². The summed E-state index contributed by atoms with van der Waals surface area (Å²) >= 11 is 0. The number of carbonyl (C=O) groups is 1. The van der Waals surface area contributed by atoms with Crippen LogP contribution in [0.4, 0.5) is 16.0 Å². The number of carbonyl (C=O) groups excluding carboxylic acids is 1. The van der Waals surface area contributed by atoms with Gasteiger partial charge in [-0.15, -0.1) is 0 Å². The number of ether oxygens (including phenoxy) is 2. The SMILES string of the molecule is COc1cccc(NS(=O)(=O)c2cc(-c3cc(F)cc(OCC(C)C)c3)nc(N3C[C@@H](C)CC3(C)C)c2C(N)=O)n1. The topological polar surface area (TPSA) is 137 Å². The van der Waals surface area contributed by atoms with Gasteiger partial charge in [-0.2, -0.15) is 4.98 Å². The Morgan fingerprint density at radius 2 is 1.95 bits per heavy atom. The number of amides is 1. The molecule has 1 aromatic carbocycles. The van der Waals surface area contributed by atoms with Crippen LogP contribution in [-0.2, 0) is 10.0 Å². The molecule has 0 bridgehead atoms. The van der Waals surface area contributed by atoms with Gasteiger partial charge < -0.3 is 20.1 Å². The van der Waals surface area contributed by atoms with Gasteiger partial charge in [0.1, 0.15) is 33.7 Å². The van der Waals surface area contributed by atoms with Crippen LogP contribution in [0, 0.1) is 17.7 Å². The van der Waals surface area contributed by atoms with E-state index in [-0.39, 0.29) is 51.9 Å². The van der Waals surface area contributed by atoms with Crippen LogP contribution in [0.3, 0.4) is 0 Å². The monoisotopic (exact) mass is 585 g/mol. The van der Waals surface area contributed by atoms with E-state index in [4.69, 9.17) is 20.2 Å². The molecular formula is C29H36FN5O5S. The second-order valence-electron chi connectivity index (χ2n) is 11.4. The highest BCUT2D eigenvalue weighted by Crippen LogP contribution is 2.41. The number of nitrogens with two attached hydrogens (primary N) is 1. The number of aromatic nitrogens is 2. The molecule has 0 spiro atoms. The van der Waals surface area contributed by atoms with Crippen molar-refractivity contribution in [2.45, 2.75) is 51.5 Å². The number of hydrogen-bond acceptors (Lipinski definition) is 8. The molecule has 3 heterocycles. The number of sulfonamides is 1. The largest absolute Gasteiger partial charge is 0.493 e. The number of halogens is 1. The predicted molar refractivity (Wildman–Crippen MR) is 155 cm³/mol. The second-order valence-corrected chi connectivity index (χ2v) is 13.0. The molecule has 1 atom stereocenters. The highest BCUT2D eigenvalue weighted by Gasteiger charge is 2.40. The molecule has 0 saturated carbocycles. The van der Waals surface area contributed by atoms with Gasteiger partial charge in [0, 0.05) is 29.8 Å². The first kappa shape index (κ1) is 30.0. The van der Waals surface area contributed by atoms with Crippen LogP contribution < -0.4 is 24.8 Å². The fraction of sp³-hybridized carbons (Fsp3) is 0.414. The van der Waals surface area contributed by atoms with Gasteiger partial charge in [-0.3, -0.25) is 9.52 Å². The van der Waals surface area contributed by atoms with Gasteiger partial charge in [0.15, 0.2) is 0 Å². The normalized spacial score (nSPS) is 16.6. The molecule has 4 rings (SSSR count). The standard InChI is InChI=1S/C29H36FN5O5S/c1-17(2)16-40-21-11-19(10-20(30)12-21)22-13-23(41(37,38)34-24-8-7-9-25(33-24)39-6)26(27(31)36)28(32-22)35-15-18(3)14-29(35,4)5/h7-13,17-18H,14-16H2,1-6H3,(H2,31,36)(H,33,34)/t18-/m0/s1. The number of nitrogens with zero attached hydrogens (tertiary/aromatic N) is 3. The van der Waals surface area contributed by atoms with Crippen molar-refractivity contribution in [3.63, 3.8) is 0 Å². The molecule has 0 radical (unpaired) electrons. The van der Waals surface area contributed by atoms with Crippen molar-refractivity contribution in [3.05, 3.63) is 53.8 Å². The van der Waals surface area contributed by atoms with Gasteiger partial charge in [-0.25, -0.2) is 17.8 Å². The zero-order chi connectivity index (χ0) is 30.1. The Morgan fingerprint density at radius 1 is 1.22 bits per heavy atom. The molecule has 1 saturated heterocycles. The first-order valence-electron chi connectivity index (χ1n) is 13.3. The molecule has 10 nitrogen and oxygen atoms in total. The minimum absolute atomic E-state index is 0.0232. The molecule has 2 aromatic heterocycles. The lowest BCUT2D eigenvalue weighted by atomic mass is 9.97. The zero-order valence-corrected chi connectivity index (χ0v) is 24.9. The molecule has 0 unspecified atom stereocenters. The van der Waals surface area contributed by atoms with Crippen LogP contribution >= 0.6 is 0 Å². The average Bonchev–Trinajstić information content (AvgIpc) is 3.17. The molecule has 41 heavy (non-hydrogen) atoms. The first-order valence-corrected chi connectivity index (χ1v) is 14.8. The minimum Gasteiger partial charge on any atom is -0.493 e. The van der Waals surface area contributed by atoms with E-state index < -0.39 is 32.2 Å². The van der Waals surface area contributed by atoms with E-state index in [9.17, 15) is 17.6 Å². The van der Waals surface area contributed by atoms with Crippen molar-refractivity contribution < 1.29 is 27.1 Å². The summed E-state index contributed by atoms with van der Waals surface area (Å²) in [7, 11) is -3.04. The summed E-state index contributed by atoms with van der Waals surface area (Å²) < 4.78 is 55.8. The van der Waals surface area contributed by atoms with Crippen LogP contribution in [0.1, 0.15) is 51.4 Å². The van der Waals surface area contributed by atoms with Crippen LogP contribution in [0.5, 0.6) is 11.6 Å². The first-order chi connectivity index (χ1) is 19.2. The van der Waals surface area contributed by atoms with Crippen LogP contribution in [0.2, 0.25) is 0 Å². The van der Waals surface area contributed by atoms with Crippen molar-refractivity contribution in [1.29, 1.82) is 0 Å². The predicted octanol–water partition coefficient (Wildman–Crippen LogP) is 4.85. The van der Waals surface area contributed by atoms with Gasteiger partial charge in [0.2, 0.25) is 5.88 Å². The summed E-state index contributed by atoms with van der Waals surface area (Å²) in [6.07, 6.45) is 0.776. The summed E-state index contributed by atoms with van der Waals surface area (Å²) in [5.41, 5.74) is 5.51. The van der Waals surface area contributed by atoms with Gasteiger partial charge in [0.25, 0.3) is 15.9 Å². The van der Waals surface area contributed by atoms with Crippen molar-refractivity contribution in [2.24, 2.45) is 17.6 Å². The average molecular weight is 586 g/mol. The molecule has 0 aliphatic carbocycles. The van der Waals surface area contributed by atoms with Crippen molar-refractivity contribution >= 4 is 27.6 Å². The molecule has 1 aliphatic rings. The lowest BCUT2D eigenvalue weighted by Crippen LogP contribution is -2.40. The fourth-order valence-electron chi connectivity index (χ4n) is 5.09. The maximum atomic E-state index is 14.8. The number of anilines is 2. The Bertz CT molecular complexity index is 1560. The van der Waals surface area contributed by atoms with Crippen LogP contribution in [0.25, 0.3) is 11.3 Å². The maximum absolute atomic E-state index is 14.8. The quantitative estimate of drug-likeness (QED) is 0.345. The second kappa shape index (κ2) is 11.5. The highest BCUT2D eigenvalue weighted by molar-refractivity contribution is 7.92. The lowest BCUT2D eigenvalue weighted by molar-refractivity contribution is 0.0997. The molecule has 3 aromatic rings. The number of rotatable bonds is 10. The Balaban J connectivity index is 1.96. The van der Waals surface area contributed by atoms with E-state index in [1.807, 2.05) is 32.6 Å². The van der Waals surface area contributed by atoms with Crippen molar-refractivity contribution in [2.75, 3.05) is 29.9 Å². The van der Waals surface area contributed by atoms with Gasteiger partial charge in [-0.05, 0) is 56.4 Å². The summed E-state index contributed by atoms with van der Waals surface area (Å²) in [5, 5.41) is 0. The number of nitrogens with one attached hydrogen (secondary N) is 1. The molecule has 1 amide bonds. The summed E-state index contributed by atoms with van der Waals surface area (Å²) in [6.45, 7) is 10.9. The van der Waals surface area contributed by atoms with Crippen LogP contribution in [-0.4, -0.2) is 50.1 Å². The Hall–Kier alpha value is -3.93. The zero-order valence-electron chi connectivity index (χ0n) is 24.1. The maximum Gasteiger partial charge on any atom is 0.264 e. The van der Waals surface area contributed by atoms with E-state index in [0.29, 0.717) is 13.2 Å². The fourth-order valence-corrected chi connectivity index (χ4v) is 6.32. The molecule has 1 fully saturated rings. The highest BCUT2D eigenvalue weighted by atomic mass is 32.2. The van der Waals surface area contributed by atoms with E-state index >= 15 is 0 Å². The van der Waals surface area contributed by atoms with E-state index in [1.165, 1.54) is 31.4 Å². The van der Waals surface area contributed by atoms with E-state index in [1.54, 1.807) is 18.2 Å². The molecule has 220 valence electrons. The van der Waals surface area contributed by atoms with Gasteiger partial charge in [-0.1, -0.05) is 26.8 Å². The van der Waals surface area contributed by atoms with Gasteiger partial charge in [0.05, 0.1) is 19.4 Å².